The molecular weight excluding hydrogens is 258 g/mol. The monoisotopic (exact) mass is 283 g/mol. The maximum atomic E-state index is 12.3. The zero-order valence-electron chi connectivity index (χ0n) is 12.0. The van der Waals surface area contributed by atoms with Gasteiger partial charge >= 0.3 is 0 Å². The fourth-order valence-corrected chi connectivity index (χ4v) is 3.18. The summed E-state index contributed by atoms with van der Waals surface area (Å²) >= 11 is 0. The zero-order valence-corrected chi connectivity index (χ0v) is 12.0. The van der Waals surface area contributed by atoms with E-state index in [1.807, 2.05) is 0 Å². The summed E-state index contributed by atoms with van der Waals surface area (Å²) in [6.07, 6.45) is 3.83. The standard InChI is InChI=1S/C14H25N3O3/c1-9(18)17-13(10-4-2-3-5-10)14(20)16-7-11-6-15-8-12(11)19/h10-13,15,19H,2-8H2,1H3,(H,16,20)(H,17,18). The molecule has 4 N–H and O–H groups in total. The van der Waals surface area contributed by atoms with Crippen LogP contribution < -0.4 is 16.0 Å². The molecule has 0 radical (unpaired) electrons. The van der Waals surface area contributed by atoms with Crippen LogP contribution in [0.4, 0.5) is 0 Å². The van der Waals surface area contributed by atoms with Gasteiger partial charge in [-0.25, -0.2) is 0 Å². The number of hydrogen-bond acceptors (Lipinski definition) is 4. The minimum atomic E-state index is -0.429. The van der Waals surface area contributed by atoms with Gasteiger partial charge in [-0.1, -0.05) is 12.8 Å². The van der Waals surface area contributed by atoms with Gasteiger partial charge in [-0.2, -0.15) is 0 Å². The lowest BCUT2D eigenvalue weighted by Crippen LogP contribution is -2.51. The number of hydrogen-bond donors (Lipinski definition) is 4. The number of aliphatic hydroxyl groups excluding tert-OH is 1. The highest BCUT2D eigenvalue weighted by molar-refractivity contribution is 5.87. The highest BCUT2D eigenvalue weighted by atomic mass is 16.3. The zero-order chi connectivity index (χ0) is 14.5. The van der Waals surface area contributed by atoms with Gasteiger partial charge in [0.05, 0.1) is 6.10 Å². The number of carbonyl (C=O) groups excluding carboxylic acids is 2. The summed E-state index contributed by atoms with van der Waals surface area (Å²) in [4.78, 5) is 23.6. The molecule has 1 aliphatic heterocycles. The van der Waals surface area contributed by atoms with Gasteiger partial charge in [0.15, 0.2) is 0 Å². The highest BCUT2D eigenvalue weighted by Gasteiger charge is 2.32. The van der Waals surface area contributed by atoms with Crippen LogP contribution in [0, 0.1) is 11.8 Å². The molecule has 1 heterocycles. The maximum Gasteiger partial charge on any atom is 0.242 e. The summed E-state index contributed by atoms with van der Waals surface area (Å²) in [5.41, 5.74) is 0. The molecule has 1 aliphatic carbocycles. The lowest BCUT2D eigenvalue weighted by atomic mass is 9.96. The van der Waals surface area contributed by atoms with Crippen LogP contribution in [-0.2, 0) is 9.59 Å². The number of carbonyl (C=O) groups is 2. The van der Waals surface area contributed by atoms with E-state index in [1.54, 1.807) is 0 Å². The summed E-state index contributed by atoms with van der Waals surface area (Å²) in [6, 6.07) is -0.429. The minimum absolute atomic E-state index is 0.0560. The summed E-state index contributed by atoms with van der Waals surface area (Å²) < 4.78 is 0. The van der Waals surface area contributed by atoms with Gasteiger partial charge < -0.3 is 21.1 Å². The molecule has 2 rings (SSSR count). The Bertz CT molecular complexity index is 356. The van der Waals surface area contributed by atoms with E-state index in [2.05, 4.69) is 16.0 Å². The lowest BCUT2D eigenvalue weighted by Gasteiger charge is -2.24. The molecular formula is C14H25N3O3. The SMILES string of the molecule is CC(=O)NC(C(=O)NCC1CNCC1O)C1CCCC1. The Morgan fingerprint density at radius 3 is 2.55 bits per heavy atom. The number of rotatable bonds is 5. The second kappa shape index (κ2) is 7.04. The second-order valence-electron chi connectivity index (χ2n) is 5.95. The largest absolute Gasteiger partial charge is 0.391 e. The molecule has 0 aromatic carbocycles. The van der Waals surface area contributed by atoms with Crippen LogP contribution in [0.15, 0.2) is 0 Å². The number of amides is 2. The third kappa shape index (κ3) is 3.93. The molecule has 1 saturated carbocycles. The van der Waals surface area contributed by atoms with Crippen LogP contribution in [0.1, 0.15) is 32.6 Å². The fraction of sp³-hybridized carbons (Fsp3) is 0.857. The van der Waals surface area contributed by atoms with Crippen LogP contribution in [0.3, 0.4) is 0 Å². The van der Waals surface area contributed by atoms with Crippen LogP contribution in [0.2, 0.25) is 0 Å². The molecule has 0 bridgehead atoms. The minimum Gasteiger partial charge on any atom is -0.391 e. The molecule has 1 saturated heterocycles. The first-order valence-electron chi connectivity index (χ1n) is 7.51. The lowest BCUT2D eigenvalue weighted by molar-refractivity contribution is -0.129. The Hall–Kier alpha value is -1.14. The summed E-state index contributed by atoms with van der Waals surface area (Å²) in [7, 11) is 0. The Morgan fingerprint density at radius 1 is 1.30 bits per heavy atom. The van der Waals surface area contributed by atoms with Crippen molar-refractivity contribution in [2.75, 3.05) is 19.6 Å². The Kier molecular flexibility index (Phi) is 5.37. The molecule has 20 heavy (non-hydrogen) atoms. The molecule has 0 spiro atoms. The maximum absolute atomic E-state index is 12.3. The van der Waals surface area contributed by atoms with Gasteiger partial charge in [-0.05, 0) is 18.8 Å². The topological polar surface area (TPSA) is 90.5 Å². The number of aliphatic hydroxyl groups is 1. The molecule has 3 unspecified atom stereocenters. The second-order valence-corrected chi connectivity index (χ2v) is 5.95. The van der Waals surface area contributed by atoms with Crippen molar-refractivity contribution >= 4 is 11.8 Å². The molecule has 0 aromatic rings. The molecule has 6 heteroatoms. The van der Waals surface area contributed by atoms with E-state index in [9.17, 15) is 14.7 Å². The number of nitrogens with one attached hydrogen (secondary N) is 3. The van der Waals surface area contributed by atoms with Crippen molar-refractivity contribution in [3.8, 4) is 0 Å². The summed E-state index contributed by atoms with van der Waals surface area (Å²) in [5, 5.41) is 18.5. The van der Waals surface area contributed by atoms with Gasteiger partial charge in [-0.3, -0.25) is 9.59 Å². The van der Waals surface area contributed by atoms with Crippen molar-refractivity contribution in [1.29, 1.82) is 0 Å². The average Bonchev–Trinajstić information content (AvgIpc) is 3.04. The Labute approximate surface area is 119 Å². The van der Waals surface area contributed by atoms with Crippen molar-refractivity contribution in [2.24, 2.45) is 11.8 Å². The van der Waals surface area contributed by atoms with E-state index >= 15 is 0 Å². The van der Waals surface area contributed by atoms with Gasteiger partial charge in [0, 0.05) is 32.5 Å². The smallest absolute Gasteiger partial charge is 0.242 e. The van der Waals surface area contributed by atoms with Crippen LogP contribution in [0.25, 0.3) is 0 Å². The first-order valence-corrected chi connectivity index (χ1v) is 7.51. The van der Waals surface area contributed by atoms with E-state index in [4.69, 9.17) is 0 Å². The highest BCUT2D eigenvalue weighted by Crippen LogP contribution is 2.28. The van der Waals surface area contributed by atoms with Crippen molar-refractivity contribution in [1.82, 2.24) is 16.0 Å². The van der Waals surface area contributed by atoms with Crippen LogP contribution in [0.5, 0.6) is 0 Å². The predicted octanol–water partition coefficient (Wildman–Crippen LogP) is -0.622. The van der Waals surface area contributed by atoms with Gasteiger partial charge in [-0.15, -0.1) is 0 Å². The van der Waals surface area contributed by atoms with Crippen molar-refractivity contribution in [3.63, 3.8) is 0 Å². The van der Waals surface area contributed by atoms with E-state index < -0.39 is 12.1 Å². The van der Waals surface area contributed by atoms with Crippen molar-refractivity contribution in [3.05, 3.63) is 0 Å². The first kappa shape index (κ1) is 15.3. The van der Waals surface area contributed by atoms with E-state index in [-0.39, 0.29) is 23.7 Å². The molecule has 2 fully saturated rings. The normalized spacial score (nSPS) is 28.3. The molecule has 2 amide bonds. The molecule has 2 aliphatic rings. The van der Waals surface area contributed by atoms with Crippen LogP contribution >= 0.6 is 0 Å². The van der Waals surface area contributed by atoms with E-state index in [1.165, 1.54) is 6.92 Å². The van der Waals surface area contributed by atoms with E-state index in [0.717, 1.165) is 32.2 Å². The quantitative estimate of drug-likeness (QED) is 0.541. The van der Waals surface area contributed by atoms with Gasteiger partial charge in [0.25, 0.3) is 0 Å². The van der Waals surface area contributed by atoms with E-state index in [0.29, 0.717) is 13.1 Å². The van der Waals surface area contributed by atoms with Gasteiger partial charge in [0.2, 0.25) is 11.8 Å². The predicted molar refractivity (Wildman–Crippen MR) is 74.9 cm³/mol. The molecule has 114 valence electrons. The third-order valence-electron chi connectivity index (χ3n) is 4.36. The Morgan fingerprint density at radius 2 is 2.00 bits per heavy atom. The first-order chi connectivity index (χ1) is 9.58. The summed E-state index contributed by atoms with van der Waals surface area (Å²) in [6.45, 7) is 3.20. The number of β-amino-alcohol motifs (C(OH)–C–C–N with tert-alkyl or cyclic N) is 1. The Balaban J connectivity index is 1.86. The fourth-order valence-electron chi connectivity index (χ4n) is 3.18. The van der Waals surface area contributed by atoms with Gasteiger partial charge in [0.1, 0.15) is 6.04 Å². The third-order valence-corrected chi connectivity index (χ3v) is 4.36. The molecule has 3 atom stereocenters. The van der Waals surface area contributed by atoms with Crippen molar-refractivity contribution in [2.45, 2.75) is 44.8 Å². The van der Waals surface area contributed by atoms with Crippen molar-refractivity contribution < 1.29 is 14.7 Å². The average molecular weight is 283 g/mol. The molecule has 6 nitrogen and oxygen atoms in total. The van der Waals surface area contributed by atoms with Crippen LogP contribution in [-0.4, -0.2) is 48.7 Å². The summed E-state index contributed by atoms with van der Waals surface area (Å²) in [5.74, 6) is 0.0110. The molecule has 0 aromatic heterocycles.